The molecular formula is C46H63ClK2N16O14. The number of unbranched alkanes of at least 4 members (excludes halogenated alkanes) is 2. The average molecular weight is 1190 g/mol. The van der Waals surface area contributed by atoms with Crippen molar-refractivity contribution in [3.8, 4) is 0 Å². The Morgan fingerprint density at radius 3 is 1.61 bits per heavy atom. The van der Waals surface area contributed by atoms with Crippen LogP contribution < -0.4 is 153 Å². The number of nitrogens with zero attached hydrogens (tertiary/aromatic N) is 13. The molecule has 0 aliphatic rings. The third-order valence-corrected chi connectivity index (χ3v) is 10.7. The maximum Gasteiger partial charge on any atom is 1.00 e. The summed E-state index contributed by atoms with van der Waals surface area (Å²) in [5.74, 6) is -0.607. The molecule has 0 saturated carbocycles. The Balaban J connectivity index is 0.00000120. The SMILES string of the molecule is CC(=O)CCCCCl.Cn1c(=O)[nH]c(=O)c2[nH]cnc21.O=CO[O-].[2H]C([2H])([2H])n1cnc2c1c(=O)[nH]c(=O)n2C.[2H]C([2H])([2H])n1cnc2c1c(=O)n(CCCCC(C)=O)c(=O)n2C.[2H]c1nc2c(c(=O)n(CCCC([2H])([2H])C(=O)C([2H])([2H])[2H])c(=O)n2C)n1C([2H])([2H])[2H].[H-].[K+].[K+]. The number of halogens is 1. The molecule has 8 aromatic rings. The second-order valence-corrected chi connectivity index (χ2v) is 16.3. The van der Waals surface area contributed by atoms with Crippen molar-refractivity contribution in [3.05, 3.63) is 109 Å². The number of aromatic amines is 3. The van der Waals surface area contributed by atoms with Gasteiger partial charge >= 0.3 is 126 Å². The third kappa shape index (κ3) is 19.7. The number of H-pyrrole nitrogens is 3. The standard InChI is InChI=1S/2C13H18N4O3.C7H8N4O2.C6H11ClO.C6H6N4O2.CH2O3.2K.H/c2*1-9(18)6-4-5-7-17-12(19)10-11(14-8-15(10)2)16(3)13(17)20;1-10-3-8-5-4(10)6(12)9-7(13)11(5)2;1-6(8)4-2-3-5-7;1-10-4-3(7-2-8-4)5(11)9-6(10)12;2-1-4-3;;;/h2*8H,4-7H2,1-3H3;3H,1-2H3,(H,9,12,13);2-5H2,1H3;2H,1H3,(H,7,8)(H,9,11,12);1,3H;;;/q;;;;;;2*+1;-1/p-1/i1D3,2D3,6D2,8D;2D3;1D3;;;;;;. The molecule has 33 heteroatoms. The molecule has 0 aromatic carbocycles. The molecule has 0 fully saturated rings. The van der Waals surface area contributed by atoms with Gasteiger partial charge in [0.25, 0.3) is 28.7 Å². The van der Waals surface area contributed by atoms with Crippen LogP contribution in [0, 0.1) is 0 Å². The number of imidazole rings is 4. The van der Waals surface area contributed by atoms with Crippen LogP contribution in [-0.4, -0.2) is 106 Å². The smallest absolute Gasteiger partial charge is 1.00 e. The minimum atomic E-state index is -3.13. The number of aryl methyl sites for hydroxylation is 7. The van der Waals surface area contributed by atoms with Gasteiger partial charge in [-0.25, -0.2) is 39.1 Å². The molecule has 0 radical (unpaired) electrons. The molecular weight excluding hydrogens is 1110 g/mol. The fourth-order valence-electron chi connectivity index (χ4n) is 6.61. The van der Waals surface area contributed by atoms with Gasteiger partial charge in [0.05, 0.1) is 25.3 Å². The largest absolute Gasteiger partial charge is 1.00 e. The van der Waals surface area contributed by atoms with Crippen LogP contribution in [-0.2, 0) is 86.3 Å². The average Bonchev–Trinajstić information content (AvgIpc) is 1.65. The van der Waals surface area contributed by atoms with E-state index in [1.807, 2.05) is 4.98 Å². The van der Waals surface area contributed by atoms with E-state index in [4.69, 9.17) is 42.2 Å². The van der Waals surface area contributed by atoms with Gasteiger partial charge in [0.2, 0.25) is 0 Å². The van der Waals surface area contributed by atoms with Crippen molar-refractivity contribution >= 4 is 80.1 Å². The molecule has 8 rings (SSSR count). The number of carbonyl (C=O) groups excluding carboxylic acids is 4. The summed E-state index contributed by atoms with van der Waals surface area (Å²) < 4.78 is 119. The predicted octanol–water partition coefficient (Wildman–Crippen LogP) is -7.16. The summed E-state index contributed by atoms with van der Waals surface area (Å²) in [4.78, 5) is 161. The zero-order valence-electron chi connectivity index (χ0n) is 60.0. The molecule has 8 heterocycles. The van der Waals surface area contributed by atoms with E-state index < -0.39 is 110 Å². The number of hydrogen-bond donors (Lipinski definition) is 3. The number of aromatic nitrogens is 16. The number of nitrogens with one attached hydrogen (secondary N) is 3. The maximum atomic E-state index is 12.7. The summed E-state index contributed by atoms with van der Waals surface area (Å²) in [5.41, 5.74) is -5.70. The monoisotopic (exact) mass is 1190 g/mol. The van der Waals surface area contributed by atoms with Crippen LogP contribution in [0.25, 0.3) is 44.7 Å². The van der Waals surface area contributed by atoms with Gasteiger partial charge in [0, 0.05) is 106 Å². The van der Waals surface area contributed by atoms with Crippen molar-refractivity contribution in [1.82, 2.24) is 76.0 Å². The van der Waals surface area contributed by atoms with Gasteiger partial charge in [-0.1, -0.05) is 0 Å². The minimum Gasteiger partial charge on any atom is -1.00 e. The predicted molar refractivity (Wildman–Crippen MR) is 282 cm³/mol. The summed E-state index contributed by atoms with van der Waals surface area (Å²) in [7, 11) is 5.61. The van der Waals surface area contributed by atoms with Crippen LogP contribution in [0.15, 0.2) is 63.6 Å². The molecule has 30 nitrogen and oxygen atoms in total. The second-order valence-electron chi connectivity index (χ2n) is 15.9. The van der Waals surface area contributed by atoms with Crippen LogP contribution in [0.3, 0.4) is 0 Å². The first-order valence-electron chi connectivity index (χ1n) is 29.8. The van der Waals surface area contributed by atoms with Crippen molar-refractivity contribution < 1.29 is 154 Å². The molecule has 8 aromatic heterocycles. The van der Waals surface area contributed by atoms with Crippen molar-refractivity contribution in [3.63, 3.8) is 0 Å². The van der Waals surface area contributed by atoms with Crippen molar-refractivity contribution in [2.75, 3.05) is 5.88 Å². The molecule has 0 atom stereocenters. The van der Waals surface area contributed by atoms with E-state index in [9.17, 15) is 52.7 Å². The van der Waals surface area contributed by atoms with E-state index in [1.165, 1.54) is 39.0 Å². The number of ketones is 3. The number of carbonyl (C=O) groups is 4. The molecule has 0 amide bonds. The molecule has 420 valence electrons. The van der Waals surface area contributed by atoms with Crippen LogP contribution in [0.1, 0.15) is 100 Å². The fraction of sp³-hybridized carbons (Fsp3) is 0.478. The van der Waals surface area contributed by atoms with Crippen molar-refractivity contribution in [1.29, 1.82) is 0 Å². The molecule has 3 N–H and O–H groups in total. The van der Waals surface area contributed by atoms with E-state index in [2.05, 4.69) is 34.8 Å². The third-order valence-electron chi connectivity index (χ3n) is 10.5. The van der Waals surface area contributed by atoms with Gasteiger partial charge in [-0.15, -0.1) is 11.6 Å². The summed E-state index contributed by atoms with van der Waals surface area (Å²) in [6.45, 7) is -8.46. The zero-order valence-corrected chi connectivity index (χ0v) is 51.0. The summed E-state index contributed by atoms with van der Waals surface area (Å²) in [6.07, 6.45) is 3.19. The van der Waals surface area contributed by atoms with Gasteiger partial charge in [-0.3, -0.25) is 61.3 Å². The Kier molecular flexibility index (Phi) is 21.7. The first-order chi connectivity index (χ1) is 42.3. The van der Waals surface area contributed by atoms with E-state index in [-0.39, 0.29) is 163 Å². The second kappa shape index (κ2) is 34.7. The van der Waals surface area contributed by atoms with E-state index in [0.29, 0.717) is 51.9 Å². The van der Waals surface area contributed by atoms with E-state index >= 15 is 0 Å². The van der Waals surface area contributed by atoms with E-state index in [1.54, 1.807) is 14.0 Å². The topological polar surface area (TPSA) is 380 Å². The summed E-state index contributed by atoms with van der Waals surface area (Å²) in [6, 6.07) is 0. The Hall–Kier alpha value is -5.40. The van der Waals surface area contributed by atoms with Crippen LogP contribution >= 0.6 is 11.6 Å². The Labute approximate surface area is 560 Å². The molecule has 0 bridgehead atoms. The fourth-order valence-corrected chi connectivity index (χ4v) is 6.80. The normalized spacial score (nSPS) is 13.9. The molecule has 0 saturated heterocycles. The molecule has 0 aliphatic heterocycles. The van der Waals surface area contributed by atoms with Crippen LogP contribution in [0.5, 0.6) is 0 Å². The number of alkyl halides is 1. The first-order valence-corrected chi connectivity index (χ1v) is 22.9. The Bertz CT molecular complexity index is 4490. The van der Waals surface area contributed by atoms with Crippen molar-refractivity contribution in [2.24, 2.45) is 49.1 Å². The van der Waals surface area contributed by atoms with Gasteiger partial charge in [-0.05, 0) is 59.2 Å². The van der Waals surface area contributed by atoms with Gasteiger partial charge < -0.3 is 44.6 Å². The molecule has 0 spiro atoms. The number of rotatable bonds is 15. The van der Waals surface area contributed by atoms with Crippen molar-refractivity contribution in [2.45, 2.75) is 91.5 Å². The zero-order chi connectivity index (χ0) is 70.5. The van der Waals surface area contributed by atoms with Gasteiger partial charge in [0.15, 0.2) is 39.1 Å². The minimum absolute atomic E-state index is 0. The molecule has 0 aliphatic carbocycles. The van der Waals surface area contributed by atoms with Crippen LogP contribution in [0.4, 0.5) is 0 Å². The molecule has 0 unspecified atom stereocenters. The Morgan fingerprint density at radius 2 is 1.11 bits per heavy atom. The number of Topliss-reactive ketones (excluding diaryl/α,β-unsaturated/α-hetero) is 3. The summed E-state index contributed by atoms with van der Waals surface area (Å²) in [5, 5.41) is 8.43. The molecule has 79 heavy (non-hydrogen) atoms. The van der Waals surface area contributed by atoms with Gasteiger partial charge in [-0.2, -0.15) is 0 Å². The number of fused-ring (bicyclic) bond motifs is 4. The number of hydrogen-bond acceptors (Lipinski definition) is 18. The van der Waals surface area contributed by atoms with Gasteiger partial charge in [0.1, 0.15) is 24.2 Å². The first kappa shape index (κ1) is 49.4. The van der Waals surface area contributed by atoms with Crippen LogP contribution in [0.2, 0.25) is 0 Å². The maximum absolute atomic E-state index is 12.7. The quantitative estimate of drug-likeness (QED) is 0.0214. The van der Waals surface area contributed by atoms with E-state index in [0.717, 1.165) is 52.9 Å². The Morgan fingerprint density at radius 1 is 0.658 bits per heavy atom. The summed E-state index contributed by atoms with van der Waals surface area (Å²) >= 11 is 5.37.